The van der Waals surface area contributed by atoms with Crippen LogP contribution in [0.4, 0.5) is 5.69 Å². The van der Waals surface area contributed by atoms with E-state index in [2.05, 4.69) is 30.2 Å². The van der Waals surface area contributed by atoms with Crippen LogP contribution in [0.5, 0.6) is 0 Å². The Morgan fingerprint density at radius 3 is 2.38 bits per heavy atom. The Kier molecular flexibility index (Phi) is 6.82. The molecule has 0 aliphatic carbocycles. The molecule has 0 aliphatic rings. The van der Waals surface area contributed by atoms with E-state index in [0.29, 0.717) is 0 Å². The maximum atomic E-state index is 5.11. The van der Waals surface area contributed by atoms with Crippen LogP contribution < -0.4 is 4.90 Å². The van der Waals surface area contributed by atoms with Gasteiger partial charge in [0.1, 0.15) is 0 Å². The van der Waals surface area contributed by atoms with Crippen molar-refractivity contribution in [3.05, 3.63) is 91.0 Å². The van der Waals surface area contributed by atoms with Crippen LogP contribution >= 0.6 is 0 Å². The van der Waals surface area contributed by atoms with Gasteiger partial charge in [-0.1, -0.05) is 43.5 Å². The van der Waals surface area contributed by atoms with E-state index < -0.39 is 0 Å². The Morgan fingerprint density at radius 1 is 1.14 bits per heavy atom. The summed E-state index contributed by atoms with van der Waals surface area (Å²) in [5.41, 5.74) is 2.99. The number of allylic oxidation sites excluding steroid dienone is 7. The highest BCUT2D eigenvalue weighted by molar-refractivity contribution is 5.59. The Balaban J connectivity index is 3.05. The lowest BCUT2D eigenvalue weighted by Crippen LogP contribution is -2.18. The number of nitrogens with zero attached hydrogens (tertiary/aromatic N) is 1. The van der Waals surface area contributed by atoms with Crippen molar-refractivity contribution in [3.63, 3.8) is 0 Å². The highest BCUT2D eigenvalue weighted by atomic mass is 16.5. The van der Waals surface area contributed by atoms with Crippen LogP contribution in [-0.2, 0) is 4.74 Å². The molecule has 0 amide bonds. The number of hydrogen-bond donors (Lipinski definition) is 0. The van der Waals surface area contributed by atoms with Crippen molar-refractivity contribution >= 4 is 5.69 Å². The molecule has 0 aliphatic heterocycles. The number of para-hydroxylation sites is 1. The first-order valence-corrected chi connectivity index (χ1v) is 6.82. The lowest BCUT2D eigenvalue weighted by Gasteiger charge is -2.25. The molecule has 1 aromatic carbocycles. The molecular formula is C19H23NO. The molecule has 0 fully saturated rings. The fourth-order valence-corrected chi connectivity index (χ4v) is 1.86. The Morgan fingerprint density at radius 2 is 1.81 bits per heavy atom. The Labute approximate surface area is 128 Å². The molecule has 0 N–H and O–H groups in total. The van der Waals surface area contributed by atoms with E-state index >= 15 is 0 Å². The Hall–Kier alpha value is -2.48. The van der Waals surface area contributed by atoms with Gasteiger partial charge in [-0.25, -0.2) is 0 Å². The highest BCUT2D eigenvalue weighted by Crippen LogP contribution is 2.23. The summed E-state index contributed by atoms with van der Waals surface area (Å²) in [5.74, 6) is 0.851. The zero-order valence-electron chi connectivity index (χ0n) is 13.0. The van der Waals surface area contributed by atoms with Gasteiger partial charge in [-0.2, -0.15) is 0 Å². The molecule has 0 aromatic heterocycles. The largest absolute Gasteiger partial charge is 0.501 e. The van der Waals surface area contributed by atoms with Crippen molar-refractivity contribution in [1.29, 1.82) is 0 Å². The number of benzene rings is 1. The summed E-state index contributed by atoms with van der Waals surface area (Å²) in [6.07, 6.45) is 9.52. The molecule has 0 radical (unpaired) electrons. The fourth-order valence-electron chi connectivity index (χ4n) is 1.86. The summed E-state index contributed by atoms with van der Waals surface area (Å²) in [6, 6.07) is 10.1. The van der Waals surface area contributed by atoms with Gasteiger partial charge in [0.05, 0.1) is 12.9 Å². The fraction of sp³-hybridized carbons (Fsp3) is 0.158. The minimum Gasteiger partial charge on any atom is -0.501 e. The molecule has 0 bridgehead atoms. The maximum Gasteiger partial charge on any atom is 0.0924 e. The molecule has 0 saturated heterocycles. The second kappa shape index (κ2) is 8.64. The van der Waals surface area contributed by atoms with E-state index in [9.17, 15) is 0 Å². The lowest BCUT2D eigenvalue weighted by molar-refractivity contribution is 0.294. The predicted octanol–water partition coefficient (Wildman–Crippen LogP) is 5.20. The molecule has 2 heteroatoms. The zero-order chi connectivity index (χ0) is 15.7. The summed E-state index contributed by atoms with van der Waals surface area (Å²) in [7, 11) is 1.65. The summed E-state index contributed by atoms with van der Waals surface area (Å²) >= 11 is 0. The van der Waals surface area contributed by atoms with Crippen molar-refractivity contribution in [2.45, 2.75) is 13.8 Å². The zero-order valence-corrected chi connectivity index (χ0v) is 13.0. The highest BCUT2D eigenvalue weighted by Gasteiger charge is 2.09. The second-order valence-corrected chi connectivity index (χ2v) is 4.55. The summed E-state index contributed by atoms with van der Waals surface area (Å²) < 4.78 is 5.11. The third kappa shape index (κ3) is 5.19. The average molecular weight is 281 g/mol. The van der Waals surface area contributed by atoms with Gasteiger partial charge in [-0.15, -0.1) is 0 Å². The van der Waals surface area contributed by atoms with Crippen molar-refractivity contribution < 1.29 is 4.74 Å². The standard InChI is InChI=1S/C19H23NO/c1-6-11-16(2)20(19-14-8-7-9-15-19)17(3)12-10-13-18(4)21-5/h6-15H,1,3H2,2,4-5H3/b12-10-,16-11+,18-13+. The van der Waals surface area contributed by atoms with Crippen LogP contribution in [0.3, 0.4) is 0 Å². The summed E-state index contributed by atoms with van der Waals surface area (Å²) in [6.45, 7) is 11.8. The number of methoxy groups -OCH3 is 1. The molecule has 0 unspecified atom stereocenters. The first kappa shape index (κ1) is 16.6. The molecule has 0 heterocycles. The van der Waals surface area contributed by atoms with Gasteiger partial charge in [0, 0.05) is 17.1 Å². The minimum absolute atomic E-state index is 0.851. The molecule has 1 rings (SSSR count). The van der Waals surface area contributed by atoms with Crippen LogP contribution in [0, 0.1) is 0 Å². The van der Waals surface area contributed by atoms with Gasteiger partial charge in [0.2, 0.25) is 0 Å². The molecule has 0 spiro atoms. The van der Waals surface area contributed by atoms with Gasteiger partial charge in [-0.05, 0) is 44.2 Å². The normalized spacial score (nSPS) is 12.3. The molecule has 21 heavy (non-hydrogen) atoms. The van der Waals surface area contributed by atoms with E-state index in [1.54, 1.807) is 13.2 Å². The Bertz CT molecular complexity index is 564. The van der Waals surface area contributed by atoms with E-state index in [1.807, 2.05) is 56.4 Å². The van der Waals surface area contributed by atoms with E-state index in [-0.39, 0.29) is 0 Å². The summed E-state index contributed by atoms with van der Waals surface area (Å²) in [4.78, 5) is 2.08. The molecule has 1 aromatic rings. The minimum atomic E-state index is 0.851. The number of anilines is 1. The van der Waals surface area contributed by atoms with Crippen LogP contribution in [0.1, 0.15) is 13.8 Å². The van der Waals surface area contributed by atoms with Gasteiger partial charge in [-0.3, -0.25) is 0 Å². The third-order valence-corrected chi connectivity index (χ3v) is 2.95. The number of hydrogen-bond acceptors (Lipinski definition) is 2. The topological polar surface area (TPSA) is 12.5 Å². The number of ether oxygens (including phenoxy) is 1. The van der Waals surface area contributed by atoms with Crippen molar-refractivity contribution in [2.24, 2.45) is 0 Å². The SMILES string of the molecule is C=C/C=C(\C)N(C(=C)/C=C\C=C(/C)OC)c1ccccc1. The predicted molar refractivity (Wildman–Crippen MR) is 91.9 cm³/mol. The first-order chi connectivity index (χ1) is 10.1. The van der Waals surface area contributed by atoms with E-state index in [0.717, 1.165) is 22.8 Å². The van der Waals surface area contributed by atoms with Gasteiger partial charge < -0.3 is 9.64 Å². The van der Waals surface area contributed by atoms with Crippen LogP contribution in [0.2, 0.25) is 0 Å². The molecule has 0 atom stereocenters. The van der Waals surface area contributed by atoms with E-state index in [1.165, 1.54) is 0 Å². The lowest BCUT2D eigenvalue weighted by atomic mass is 10.2. The third-order valence-electron chi connectivity index (χ3n) is 2.95. The quantitative estimate of drug-likeness (QED) is 0.503. The monoisotopic (exact) mass is 281 g/mol. The average Bonchev–Trinajstić information content (AvgIpc) is 2.48. The van der Waals surface area contributed by atoms with Gasteiger partial charge in [0.15, 0.2) is 0 Å². The number of rotatable bonds is 7. The van der Waals surface area contributed by atoms with Gasteiger partial charge in [0.25, 0.3) is 0 Å². The van der Waals surface area contributed by atoms with E-state index in [4.69, 9.17) is 4.74 Å². The molecule has 0 saturated carbocycles. The molecule has 110 valence electrons. The smallest absolute Gasteiger partial charge is 0.0924 e. The maximum absolute atomic E-state index is 5.11. The molecular weight excluding hydrogens is 258 g/mol. The van der Waals surface area contributed by atoms with Gasteiger partial charge >= 0.3 is 0 Å². The van der Waals surface area contributed by atoms with Crippen molar-refractivity contribution in [3.8, 4) is 0 Å². The van der Waals surface area contributed by atoms with Crippen molar-refractivity contribution in [1.82, 2.24) is 0 Å². The van der Waals surface area contributed by atoms with Crippen LogP contribution in [0.15, 0.2) is 91.0 Å². The first-order valence-electron chi connectivity index (χ1n) is 6.82. The molecule has 2 nitrogen and oxygen atoms in total. The van der Waals surface area contributed by atoms with Crippen molar-refractivity contribution in [2.75, 3.05) is 12.0 Å². The van der Waals surface area contributed by atoms with Crippen LogP contribution in [-0.4, -0.2) is 7.11 Å². The summed E-state index contributed by atoms with van der Waals surface area (Å²) in [5, 5.41) is 0. The second-order valence-electron chi connectivity index (χ2n) is 4.55. The van der Waals surface area contributed by atoms with Crippen LogP contribution in [0.25, 0.3) is 0 Å².